The van der Waals surface area contributed by atoms with Crippen molar-refractivity contribution in [1.82, 2.24) is 4.98 Å². The maximum Gasteiger partial charge on any atom is 0.227 e. The SMILES string of the molecule is c1ccc(-c2ccc(N(c3ccccc3)c3ccc(-c4ccc(-c5cc6nc(-c7ccccc7)oc6c6ccccc56)cc4)cc3)cc2)cc1. The van der Waals surface area contributed by atoms with E-state index in [9.17, 15) is 0 Å². The topological polar surface area (TPSA) is 29.3 Å². The lowest BCUT2D eigenvalue weighted by Gasteiger charge is -2.26. The van der Waals surface area contributed by atoms with Gasteiger partial charge in [-0.2, -0.15) is 0 Å². The summed E-state index contributed by atoms with van der Waals surface area (Å²) in [6.45, 7) is 0. The smallest absolute Gasteiger partial charge is 0.227 e. The third-order valence-corrected chi connectivity index (χ3v) is 9.32. The van der Waals surface area contributed by atoms with Crippen LogP contribution in [0.25, 0.3) is 66.7 Å². The molecule has 3 nitrogen and oxygen atoms in total. The molecule has 9 aromatic rings. The summed E-state index contributed by atoms with van der Waals surface area (Å²) in [6.07, 6.45) is 0. The van der Waals surface area contributed by atoms with Crippen LogP contribution in [-0.4, -0.2) is 4.98 Å². The molecular weight excluding hydrogens is 609 g/mol. The number of rotatable bonds is 7. The van der Waals surface area contributed by atoms with Crippen molar-refractivity contribution in [2.45, 2.75) is 0 Å². The Balaban J connectivity index is 1.03. The zero-order valence-corrected chi connectivity index (χ0v) is 27.3. The highest BCUT2D eigenvalue weighted by Crippen LogP contribution is 2.39. The van der Waals surface area contributed by atoms with Crippen LogP contribution in [0, 0.1) is 0 Å². The van der Waals surface area contributed by atoms with Crippen LogP contribution in [0.15, 0.2) is 199 Å². The molecule has 0 aliphatic carbocycles. The molecule has 0 bridgehead atoms. The third kappa shape index (κ3) is 5.51. The van der Waals surface area contributed by atoms with Crippen molar-refractivity contribution in [2.75, 3.05) is 4.90 Å². The number of hydrogen-bond donors (Lipinski definition) is 0. The second-order valence-corrected chi connectivity index (χ2v) is 12.4. The lowest BCUT2D eigenvalue weighted by Crippen LogP contribution is -2.09. The standard InChI is InChI=1S/C47H32N2O/c1-4-12-33(13-5-1)35-24-28-40(29-25-35)49(39-16-8-3-9-17-39)41-30-26-36(27-31-41)34-20-22-37(23-21-34)44-32-45-46(43-19-11-10-18-42(43)44)50-47(48-45)38-14-6-2-7-15-38/h1-32H. The molecular formula is C47H32N2O. The van der Waals surface area contributed by atoms with E-state index in [2.05, 4.69) is 169 Å². The lowest BCUT2D eigenvalue weighted by molar-refractivity contribution is 0.623. The van der Waals surface area contributed by atoms with Crippen LogP contribution in [0.3, 0.4) is 0 Å². The van der Waals surface area contributed by atoms with Crippen molar-refractivity contribution in [3.05, 3.63) is 194 Å². The van der Waals surface area contributed by atoms with Crippen molar-refractivity contribution in [2.24, 2.45) is 0 Å². The summed E-state index contributed by atoms with van der Waals surface area (Å²) in [4.78, 5) is 7.20. The molecule has 0 saturated carbocycles. The number of aromatic nitrogens is 1. The molecule has 0 radical (unpaired) electrons. The highest BCUT2D eigenvalue weighted by molar-refractivity contribution is 6.11. The number of hydrogen-bond acceptors (Lipinski definition) is 3. The molecule has 0 amide bonds. The average Bonchev–Trinajstić information content (AvgIpc) is 3.64. The van der Waals surface area contributed by atoms with Gasteiger partial charge in [0.1, 0.15) is 5.52 Å². The minimum atomic E-state index is 0.636. The van der Waals surface area contributed by atoms with Crippen molar-refractivity contribution < 1.29 is 4.42 Å². The fraction of sp³-hybridized carbons (Fsp3) is 0. The van der Waals surface area contributed by atoms with Gasteiger partial charge in [0.15, 0.2) is 5.58 Å². The van der Waals surface area contributed by atoms with Gasteiger partial charge in [0.25, 0.3) is 0 Å². The molecule has 0 fully saturated rings. The van der Waals surface area contributed by atoms with Gasteiger partial charge in [0.05, 0.1) is 0 Å². The monoisotopic (exact) mass is 640 g/mol. The summed E-state index contributed by atoms with van der Waals surface area (Å²) < 4.78 is 6.33. The molecule has 0 unspecified atom stereocenters. The molecule has 236 valence electrons. The maximum absolute atomic E-state index is 6.33. The Kier molecular flexibility index (Phi) is 7.49. The summed E-state index contributed by atoms with van der Waals surface area (Å²) in [5.41, 5.74) is 13.0. The largest absolute Gasteiger partial charge is 0.435 e. The normalized spacial score (nSPS) is 11.2. The number of nitrogens with zero attached hydrogens (tertiary/aromatic N) is 2. The van der Waals surface area contributed by atoms with Crippen LogP contribution in [0.4, 0.5) is 17.1 Å². The summed E-state index contributed by atoms with van der Waals surface area (Å²) in [5.74, 6) is 0.636. The van der Waals surface area contributed by atoms with Crippen LogP contribution in [0.1, 0.15) is 0 Å². The third-order valence-electron chi connectivity index (χ3n) is 9.32. The van der Waals surface area contributed by atoms with Gasteiger partial charge in [-0.25, -0.2) is 4.98 Å². The van der Waals surface area contributed by atoms with E-state index in [-0.39, 0.29) is 0 Å². The second-order valence-electron chi connectivity index (χ2n) is 12.4. The molecule has 3 heteroatoms. The Hall–Kier alpha value is -6.71. The Morgan fingerprint density at radius 2 is 0.780 bits per heavy atom. The predicted molar refractivity (Wildman–Crippen MR) is 208 cm³/mol. The van der Waals surface area contributed by atoms with Gasteiger partial charge in [0, 0.05) is 28.0 Å². The van der Waals surface area contributed by atoms with Gasteiger partial charge in [-0.3, -0.25) is 0 Å². The van der Waals surface area contributed by atoms with Gasteiger partial charge in [-0.05, 0) is 93.4 Å². The number of benzene rings is 8. The minimum absolute atomic E-state index is 0.636. The summed E-state index contributed by atoms with van der Waals surface area (Å²) in [5, 5.41) is 2.21. The van der Waals surface area contributed by atoms with Crippen molar-refractivity contribution in [1.29, 1.82) is 0 Å². The second kappa shape index (κ2) is 12.7. The van der Waals surface area contributed by atoms with E-state index in [1.54, 1.807) is 0 Å². The van der Waals surface area contributed by atoms with Crippen LogP contribution < -0.4 is 4.90 Å². The van der Waals surface area contributed by atoms with E-state index < -0.39 is 0 Å². The fourth-order valence-corrected chi connectivity index (χ4v) is 6.80. The van der Waals surface area contributed by atoms with E-state index in [1.165, 1.54) is 11.1 Å². The van der Waals surface area contributed by atoms with E-state index in [4.69, 9.17) is 9.40 Å². The molecule has 1 heterocycles. The first kappa shape index (κ1) is 29.4. The van der Waals surface area contributed by atoms with E-state index in [0.717, 1.165) is 66.8 Å². The van der Waals surface area contributed by atoms with Gasteiger partial charge < -0.3 is 9.32 Å². The molecule has 0 atom stereocenters. The zero-order valence-electron chi connectivity index (χ0n) is 27.3. The van der Waals surface area contributed by atoms with Crippen LogP contribution in [0.2, 0.25) is 0 Å². The summed E-state index contributed by atoms with van der Waals surface area (Å²) >= 11 is 0. The van der Waals surface area contributed by atoms with Gasteiger partial charge in [-0.1, -0.05) is 140 Å². The fourth-order valence-electron chi connectivity index (χ4n) is 6.80. The molecule has 9 rings (SSSR count). The van der Waals surface area contributed by atoms with Gasteiger partial charge in [0.2, 0.25) is 5.89 Å². The molecule has 0 spiro atoms. The quantitative estimate of drug-likeness (QED) is 0.174. The number of oxazole rings is 1. The first-order valence-electron chi connectivity index (χ1n) is 16.9. The van der Waals surface area contributed by atoms with Crippen molar-refractivity contribution in [3.63, 3.8) is 0 Å². The maximum atomic E-state index is 6.33. The van der Waals surface area contributed by atoms with E-state index in [0.29, 0.717) is 5.89 Å². The highest BCUT2D eigenvalue weighted by Gasteiger charge is 2.16. The molecule has 0 saturated heterocycles. The molecule has 0 N–H and O–H groups in total. The Morgan fingerprint density at radius 1 is 0.360 bits per heavy atom. The molecule has 50 heavy (non-hydrogen) atoms. The van der Waals surface area contributed by atoms with Crippen LogP contribution >= 0.6 is 0 Å². The number of para-hydroxylation sites is 1. The molecule has 0 aliphatic heterocycles. The zero-order chi connectivity index (χ0) is 33.3. The Bertz CT molecular complexity index is 2540. The first-order valence-corrected chi connectivity index (χ1v) is 16.9. The van der Waals surface area contributed by atoms with Crippen LogP contribution in [-0.2, 0) is 0 Å². The van der Waals surface area contributed by atoms with Crippen molar-refractivity contribution >= 4 is 38.9 Å². The van der Waals surface area contributed by atoms with E-state index in [1.807, 2.05) is 30.3 Å². The number of anilines is 3. The predicted octanol–water partition coefficient (Wildman–Crippen LogP) is 13.1. The number of fused-ring (bicyclic) bond motifs is 3. The summed E-state index contributed by atoms with van der Waals surface area (Å²) in [6, 6.07) is 68.1. The van der Waals surface area contributed by atoms with Gasteiger partial charge >= 0.3 is 0 Å². The van der Waals surface area contributed by atoms with E-state index >= 15 is 0 Å². The Morgan fingerprint density at radius 3 is 1.36 bits per heavy atom. The molecule has 0 aliphatic rings. The Labute approximate surface area is 291 Å². The average molecular weight is 641 g/mol. The van der Waals surface area contributed by atoms with Crippen molar-refractivity contribution in [3.8, 4) is 44.8 Å². The van der Waals surface area contributed by atoms with Crippen LogP contribution in [0.5, 0.6) is 0 Å². The first-order chi connectivity index (χ1) is 24.8. The van der Waals surface area contributed by atoms with Gasteiger partial charge in [-0.15, -0.1) is 0 Å². The molecule has 1 aromatic heterocycles. The summed E-state index contributed by atoms with van der Waals surface area (Å²) in [7, 11) is 0. The lowest BCUT2D eigenvalue weighted by atomic mass is 9.95. The minimum Gasteiger partial charge on any atom is -0.435 e. The highest BCUT2D eigenvalue weighted by atomic mass is 16.3. The molecule has 8 aromatic carbocycles.